The summed E-state index contributed by atoms with van der Waals surface area (Å²) in [5, 5.41) is 2.46. The topological polar surface area (TPSA) is 54.0 Å². The molecule has 5 aromatic rings. The Morgan fingerprint density at radius 1 is 0.707 bits per heavy atom. The Bertz CT molecular complexity index is 1950. The third-order valence-corrected chi connectivity index (χ3v) is 18.6. The first-order chi connectivity index (χ1) is 28.2. The lowest BCUT2D eigenvalue weighted by atomic mass is 9.71. The number of methoxy groups -OCH3 is 1. The normalized spacial score (nSPS) is 24.6. The predicted molar refractivity (Wildman–Crippen MR) is 239 cm³/mol. The average Bonchev–Trinajstić information content (AvgIpc) is 3.24. The highest BCUT2D eigenvalue weighted by Gasteiger charge is 2.52. The number of carbonyl (C=O) groups excluding carboxylic acids is 1. The van der Waals surface area contributed by atoms with Gasteiger partial charge in [-0.15, -0.1) is 11.8 Å². The fourth-order valence-corrected chi connectivity index (χ4v) is 15.4. The van der Waals surface area contributed by atoms with Crippen LogP contribution in [-0.4, -0.2) is 45.0 Å². The second-order valence-corrected chi connectivity index (χ2v) is 22.7. The molecular weight excluding hydrogens is 753 g/mol. The van der Waals surface area contributed by atoms with E-state index in [0.29, 0.717) is 18.6 Å². The molecule has 0 unspecified atom stereocenters. The van der Waals surface area contributed by atoms with Gasteiger partial charge in [0, 0.05) is 48.0 Å². The van der Waals surface area contributed by atoms with E-state index in [1.54, 1.807) is 18.9 Å². The molecule has 8 atom stereocenters. The Morgan fingerprint density at radius 3 is 1.72 bits per heavy atom. The minimum absolute atomic E-state index is 0.0466. The van der Waals surface area contributed by atoms with Crippen LogP contribution in [0.5, 0.6) is 0 Å². The van der Waals surface area contributed by atoms with E-state index in [-0.39, 0.29) is 46.5 Å². The van der Waals surface area contributed by atoms with Crippen LogP contribution in [0.2, 0.25) is 5.04 Å². The summed E-state index contributed by atoms with van der Waals surface area (Å²) in [6.07, 6.45) is 3.25. The van der Waals surface area contributed by atoms with Gasteiger partial charge in [-0.25, -0.2) is 0 Å². The van der Waals surface area contributed by atoms with Crippen molar-refractivity contribution in [3.8, 4) is 0 Å². The largest absolute Gasteiger partial charge is 0.405 e. The molecule has 58 heavy (non-hydrogen) atoms. The number of hydrogen-bond donors (Lipinski definition) is 0. The van der Waals surface area contributed by atoms with Crippen molar-refractivity contribution in [1.82, 2.24) is 0 Å². The van der Waals surface area contributed by atoms with E-state index in [4.69, 9.17) is 18.6 Å². The zero-order chi connectivity index (χ0) is 40.5. The molecule has 2 fully saturated rings. The van der Waals surface area contributed by atoms with Crippen LogP contribution >= 0.6 is 11.8 Å². The van der Waals surface area contributed by atoms with Crippen LogP contribution < -0.4 is 10.4 Å². The molecule has 1 aliphatic carbocycles. The van der Waals surface area contributed by atoms with Gasteiger partial charge in [0.1, 0.15) is 18.0 Å². The number of unbranched alkanes of at least 4 members (excludes halogenated alkanes) is 1. The highest BCUT2D eigenvalue weighted by Crippen LogP contribution is 2.49. The Balaban J connectivity index is 1.13. The summed E-state index contributed by atoms with van der Waals surface area (Å²) < 4.78 is 27.9. The lowest BCUT2D eigenvalue weighted by molar-refractivity contribution is -0.241. The highest BCUT2D eigenvalue weighted by atomic mass is 32.2. The van der Waals surface area contributed by atoms with Gasteiger partial charge in [-0.2, -0.15) is 0 Å². The molecule has 1 saturated carbocycles. The van der Waals surface area contributed by atoms with Gasteiger partial charge in [-0.05, 0) is 58.4 Å². The van der Waals surface area contributed by atoms with Crippen LogP contribution in [0.15, 0.2) is 157 Å². The monoisotopic (exact) mass is 812 g/mol. The molecule has 0 amide bonds. The molecule has 0 aromatic heterocycles. The molecule has 0 N–H and O–H groups in total. The van der Waals surface area contributed by atoms with Gasteiger partial charge in [0.2, 0.25) is 0 Å². The van der Waals surface area contributed by atoms with Crippen LogP contribution in [0, 0.1) is 11.8 Å². The van der Waals surface area contributed by atoms with E-state index >= 15 is 0 Å². The standard InChI is InChI=1S/C51H60O5SSi/c1-37(56-58(51(2,3)4,41-30-17-9-18-31-41)42-32-19-10-20-33-42)23-21-22-34-43-44-35-47(53-5)54-48(38-24-11-6-12-25-38)49(39-26-13-7-14-27-39)55-50(44)46(36-45(43)52)57-40-28-15-8-16-29-40/h6-20,24-33,37,43-44,46-50H,21-23,34-36H2,1-5H3/t37-,43+,44+,46+,47+,48+,49+,50+/m0/s1. The van der Waals surface area contributed by atoms with E-state index in [1.807, 2.05) is 30.3 Å². The average molecular weight is 813 g/mol. The Hall–Kier alpha value is -3.82. The Labute approximate surface area is 352 Å². The molecule has 0 radical (unpaired) electrons. The van der Waals surface area contributed by atoms with Gasteiger partial charge >= 0.3 is 0 Å². The molecule has 5 aromatic carbocycles. The maximum absolute atomic E-state index is 14.5. The number of benzene rings is 5. The van der Waals surface area contributed by atoms with Gasteiger partial charge in [0.15, 0.2) is 6.29 Å². The van der Waals surface area contributed by atoms with Gasteiger partial charge in [0.25, 0.3) is 8.32 Å². The van der Waals surface area contributed by atoms with Crippen molar-refractivity contribution in [2.45, 2.75) is 112 Å². The van der Waals surface area contributed by atoms with Crippen molar-refractivity contribution in [2.75, 3.05) is 7.11 Å². The molecule has 0 spiro atoms. The first-order valence-corrected chi connectivity index (χ1v) is 23.9. The summed E-state index contributed by atoms with van der Waals surface area (Å²) in [6.45, 7) is 9.24. The maximum Gasteiger partial charge on any atom is 0.261 e. The molecule has 2 aliphatic rings. The summed E-state index contributed by atoms with van der Waals surface area (Å²) in [7, 11) is -0.940. The van der Waals surface area contributed by atoms with Crippen LogP contribution in [-0.2, 0) is 23.4 Å². The fourth-order valence-electron chi connectivity index (χ4n) is 9.40. The van der Waals surface area contributed by atoms with Crippen molar-refractivity contribution >= 4 is 36.2 Å². The number of rotatable bonds is 14. The summed E-state index contributed by atoms with van der Waals surface area (Å²) in [4.78, 5) is 15.6. The first kappa shape index (κ1) is 42.3. The number of thioether (sulfide) groups is 1. The van der Waals surface area contributed by atoms with Crippen molar-refractivity contribution in [2.24, 2.45) is 11.8 Å². The minimum Gasteiger partial charge on any atom is -0.405 e. The second kappa shape index (κ2) is 19.5. The molecule has 1 saturated heterocycles. The lowest BCUT2D eigenvalue weighted by Crippen LogP contribution is -2.67. The zero-order valence-corrected chi connectivity index (χ0v) is 36.6. The molecule has 304 valence electrons. The third kappa shape index (κ3) is 9.62. The highest BCUT2D eigenvalue weighted by molar-refractivity contribution is 8.00. The van der Waals surface area contributed by atoms with E-state index < -0.39 is 14.6 Å². The number of ether oxygens (including phenoxy) is 3. The first-order valence-electron chi connectivity index (χ1n) is 21.1. The molecular formula is C51H60O5SSi. The van der Waals surface area contributed by atoms with Crippen LogP contribution in [0.1, 0.15) is 89.6 Å². The number of Topliss-reactive ketones (excluding diaryl/α,β-unsaturated/α-hetero) is 1. The van der Waals surface area contributed by atoms with Crippen molar-refractivity contribution in [1.29, 1.82) is 0 Å². The number of hydrogen-bond acceptors (Lipinski definition) is 6. The molecule has 0 bridgehead atoms. The third-order valence-electron chi connectivity index (χ3n) is 12.2. The summed E-state index contributed by atoms with van der Waals surface area (Å²) in [5.74, 6) is 0.0961. The van der Waals surface area contributed by atoms with E-state index in [1.165, 1.54) is 10.4 Å². The smallest absolute Gasteiger partial charge is 0.261 e. The van der Waals surface area contributed by atoms with Crippen molar-refractivity contribution in [3.05, 3.63) is 163 Å². The summed E-state index contributed by atoms with van der Waals surface area (Å²) >= 11 is 1.77. The van der Waals surface area contributed by atoms with E-state index in [0.717, 1.165) is 41.7 Å². The van der Waals surface area contributed by atoms with Gasteiger partial charge in [-0.3, -0.25) is 4.79 Å². The van der Waals surface area contributed by atoms with E-state index in [2.05, 4.69) is 149 Å². The summed E-state index contributed by atoms with van der Waals surface area (Å²) in [5.41, 5.74) is 2.10. The Kier molecular flexibility index (Phi) is 14.2. The number of fused-ring (bicyclic) bond motifs is 1. The molecule has 1 heterocycles. The maximum atomic E-state index is 14.5. The van der Waals surface area contributed by atoms with Crippen LogP contribution in [0.3, 0.4) is 0 Å². The van der Waals surface area contributed by atoms with Gasteiger partial charge < -0.3 is 18.6 Å². The molecule has 7 heteroatoms. The van der Waals surface area contributed by atoms with Crippen LogP contribution in [0.25, 0.3) is 0 Å². The minimum atomic E-state index is -2.67. The zero-order valence-electron chi connectivity index (χ0n) is 34.7. The SMILES string of the molecule is CO[C@H]1C[C@H]2[C@@H](O[C@H](c3ccccc3)[C@@H](c3ccccc3)O1)[C@H](Sc1ccccc1)CC(=O)[C@@H]2CCCC[C@H](C)O[Si](c1ccccc1)(c1ccccc1)C(C)(C)C. The Morgan fingerprint density at radius 2 is 1.21 bits per heavy atom. The van der Waals surface area contributed by atoms with Crippen molar-refractivity contribution in [3.63, 3.8) is 0 Å². The van der Waals surface area contributed by atoms with Crippen molar-refractivity contribution < 1.29 is 23.4 Å². The molecule has 5 nitrogen and oxygen atoms in total. The number of carbonyl (C=O) groups is 1. The fraction of sp³-hybridized carbons (Fsp3) is 0.392. The van der Waals surface area contributed by atoms with E-state index in [9.17, 15) is 4.79 Å². The molecule has 7 rings (SSSR count). The van der Waals surface area contributed by atoms with Crippen LogP contribution in [0.4, 0.5) is 0 Å². The second-order valence-electron chi connectivity index (χ2n) is 17.1. The number of ketones is 1. The summed E-state index contributed by atoms with van der Waals surface area (Å²) in [6, 6.07) is 53.0. The predicted octanol–water partition coefficient (Wildman–Crippen LogP) is 11.1. The van der Waals surface area contributed by atoms with Gasteiger partial charge in [-0.1, -0.05) is 173 Å². The quantitative estimate of drug-likeness (QED) is 0.0822. The lowest BCUT2D eigenvalue weighted by Gasteiger charge is -2.47. The molecule has 1 aliphatic heterocycles. The van der Waals surface area contributed by atoms with Gasteiger partial charge in [0.05, 0.1) is 6.10 Å².